The minimum Gasteiger partial charge on any atom is -0.384 e. The van der Waals surface area contributed by atoms with E-state index in [-0.39, 0.29) is 0 Å². The van der Waals surface area contributed by atoms with Gasteiger partial charge in [-0.05, 0) is 30.7 Å². The number of aliphatic hydroxyl groups excluding tert-OH is 1. The molecule has 2 aromatic carbocycles. The molecule has 0 spiro atoms. The number of nitrogens with zero attached hydrogens (tertiary/aromatic N) is 1. The van der Waals surface area contributed by atoms with Crippen LogP contribution in [0.25, 0.3) is 11.1 Å². The number of benzene rings is 2. The zero-order valence-electron chi connectivity index (χ0n) is 14.0. The number of aromatic nitrogens is 1. The van der Waals surface area contributed by atoms with Crippen LogP contribution >= 0.6 is 46.4 Å². The molecule has 0 fully saturated rings. The molecule has 3 aromatic rings. The van der Waals surface area contributed by atoms with Crippen LogP contribution in [-0.2, 0) is 6.54 Å². The molecule has 3 rings (SSSR count). The standard InChI is InChI=1S/C20H17Cl4NO/c1-2-7-25-10-16(14-5-3-12(21)8-18(14)23)17(11-25)20(26)15-6-4-13(22)9-19(15)24/h3-6,8-11,20,26H,2,7H2,1H3. The van der Waals surface area contributed by atoms with Crippen LogP contribution in [0, 0.1) is 0 Å². The molecule has 0 amide bonds. The molecule has 0 aliphatic heterocycles. The summed E-state index contributed by atoms with van der Waals surface area (Å²) in [6, 6.07) is 10.4. The van der Waals surface area contributed by atoms with Crippen molar-refractivity contribution < 1.29 is 5.11 Å². The van der Waals surface area contributed by atoms with E-state index < -0.39 is 6.10 Å². The lowest BCUT2D eigenvalue weighted by atomic mass is 9.96. The molecule has 1 heterocycles. The summed E-state index contributed by atoms with van der Waals surface area (Å²) in [5.74, 6) is 0. The Morgan fingerprint density at radius 1 is 0.846 bits per heavy atom. The SMILES string of the molecule is CCCn1cc(-c2ccc(Cl)cc2Cl)c(C(O)c2ccc(Cl)cc2Cl)c1. The highest BCUT2D eigenvalue weighted by atomic mass is 35.5. The van der Waals surface area contributed by atoms with Crippen LogP contribution in [0.3, 0.4) is 0 Å². The topological polar surface area (TPSA) is 25.2 Å². The second-order valence-electron chi connectivity index (χ2n) is 6.06. The zero-order chi connectivity index (χ0) is 18.8. The molecule has 6 heteroatoms. The fourth-order valence-corrected chi connectivity index (χ4v) is 3.98. The highest BCUT2D eigenvalue weighted by molar-refractivity contribution is 6.36. The number of rotatable bonds is 5. The van der Waals surface area contributed by atoms with Gasteiger partial charge in [-0.25, -0.2) is 0 Å². The van der Waals surface area contributed by atoms with Gasteiger partial charge in [0, 0.05) is 61.3 Å². The second-order valence-corrected chi connectivity index (χ2v) is 7.74. The molecule has 0 aliphatic carbocycles. The smallest absolute Gasteiger partial charge is 0.108 e. The van der Waals surface area contributed by atoms with Gasteiger partial charge in [-0.3, -0.25) is 0 Å². The summed E-state index contributed by atoms with van der Waals surface area (Å²) in [4.78, 5) is 0. The van der Waals surface area contributed by atoms with Gasteiger partial charge in [0.15, 0.2) is 0 Å². The molecule has 2 nitrogen and oxygen atoms in total. The number of hydrogen-bond donors (Lipinski definition) is 1. The van der Waals surface area contributed by atoms with Crippen molar-refractivity contribution in [3.8, 4) is 11.1 Å². The molecule has 26 heavy (non-hydrogen) atoms. The summed E-state index contributed by atoms with van der Waals surface area (Å²) in [5.41, 5.74) is 2.98. The minimum atomic E-state index is -0.903. The van der Waals surface area contributed by atoms with Gasteiger partial charge in [0.25, 0.3) is 0 Å². The summed E-state index contributed by atoms with van der Waals surface area (Å²) in [7, 11) is 0. The van der Waals surface area contributed by atoms with E-state index in [0.717, 1.165) is 29.7 Å². The molecule has 1 atom stereocenters. The van der Waals surface area contributed by atoms with Crippen molar-refractivity contribution in [2.45, 2.75) is 26.0 Å². The molecule has 0 aliphatic rings. The second kappa shape index (κ2) is 8.24. The van der Waals surface area contributed by atoms with Crippen LogP contribution in [-0.4, -0.2) is 9.67 Å². The Bertz CT molecular complexity index is 936. The molecule has 1 unspecified atom stereocenters. The highest BCUT2D eigenvalue weighted by Gasteiger charge is 2.22. The number of aliphatic hydroxyl groups is 1. The normalized spacial score (nSPS) is 12.4. The Hall–Kier alpha value is -1.16. The van der Waals surface area contributed by atoms with Gasteiger partial charge in [-0.2, -0.15) is 0 Å². The fourth-order valence-electron chi connectivity index (χ4n) is 2.95. The Morgan fingerprint density at radius 2 is 1.50 bits per heavy atom. The third-order valence-electron chi connectivity index (χ3n) is 4.17. The highest BCUT2D eigenvalue weighted by Crippen LogP contribution is 2.39. The zero-order valence-corrected chi connectivity index (χ0v) is 17.0. The van der Waals surface area contributed by atoms with Gasteiger partial charge in [0.05, 0.1) is 0 Å². The number of hydrogen-bond acceptors (Lipinski definition) is 1. The average molecular weight is 429 g/mol. The monoisotopic (exact) mass is 427 g/mol. The van der Waals surface area contributed by atoms with Crippen molar-refractivity contribution >= 4 is 46.4 Å². The van der Waals surface area contributed by atoms with Crippen LogP contribution in [0.5, 0.6) is 0 Å². The van der Waals surface area contributed by atoms with Crippen LogP contribution in [0.15, 0.2) is 48.8 Å². The lowest BCUT2D eigenvalue weighted by molar-refractivity contribution is 0.221. The summed E-state index contributed by atoms with van der Waals surface area (Å²) < 4.78 is 2.04. The molecule has 1 N–H and O–H groups in total. The van der Waals surface area contributed by atoms with Crippen LogP contribution < -0.4 is 0 Å². The van der Waals surface area contributed by atoms with E-state index in [4.69, 9.17) is 46.4 Å². The first-order chi connectivity index (χ1) is 12.4. The fraction of sp³-hybridized carbons (Fsp3) is 0.200. The van der Waals surface area contributed by atoms with E-state index in [2.05, 4.69) is 6.92 Å². The van der Waals surface area contributed by atoms with Crippen molar-refractivity contribution in [1.29, 1.82) is 0 Å². The predicted octanol–water partition coefficient (Wildman–Crippen LogP) is 7.26. The third kappa shape index (κ3) is 4.05. The lowest BCUT2D eigenvalue weighted by Gasteiger charge is -2.15. The largest absolute Gasteiger partial charge is 0.384 e. The molecule has 136 valence electrons. The van der Waals surface area contributed by atoms with Crippen molar-refractivity contribution in [1.82, 2.24) is 4.57 Å². The van der Waals surface area contributed by atoms with E-state index in [1.54, 1.807) is 30.3 Å². The molecule has 1 aromatic heterocycles. The maximum atomic E-state index is 11.0. The van der Waals surface area contributed by atoms with Crippen molar-refractivity contribution in [3.63, 3.8) is 0 Å². The lowest BCUT2D eigenvalue weighted by Crippen LogP contribution is -2.01. The first kappa shape index (κ1) is 19.6. The molecule has 0 bridgehead atoms. The third-order valence-corrected chi connectivity index (χ3v) is 5.28. The average Bonchev–Trinajstić information content (AvgIpc) is 2.98. The maximum Gasteiger partial charge on any atom is 0.108 e. The van der Waals surface area contributed by atoms with Crippen molar-refractivity contribution in [2.24, 2.45) is 0 Å². The van der Waals surface area contributed by atoms with E-state index in [0.29, 0.717) is 25.7 Å². The first-order valence-corrected chi connectivity index (χ1v) is 9.70. The Morgan fingerprint density at radius 3 is 2.12 bits per heavy atom. The molecule has 0 radical (unpaired) electrons. The Labute approximate surface area is 172 Å². The van der Waals surface area contributed by atoms with Crippen molar-refractivity contribution in [2.75, 3.05) is 0 Å². The minimum absolute atomic E-state index is 0.418. The summed E-state index contributed by atoms with van der Waals surface area (Å²) in [6.45, 7) is 2.93. The molecular weight excluding hydrogens is 412 g/mol. The number of halogens is 4. The molecule has 0 saturated heterocycles. The van der Waals surface area contributed by atoms with E-state index in [1.807, 2.05) is 23.0 Å². The van der Waals surface area contributed by atoms with Gasteiger partial charge in [-0.15, -0.1) is 0 Å². The van der Waals surface area contributed by atoms with E-state index in [9.17, 15) is 5.11 Å². The molecule has 0 saturated carbocycles. The van der Waals surface area contributed by atoms with Crippen LogP contribution in [0.4, 0.5) is 0 Å². The van der Waals surface area contributed by atoms with E-state index >= 15 is 0 Å². The first-order valence-electron chi connectivity index (χ1n) is 8.18. The predicted molar refractivity (Wildman–Crippen MR) is 111 cm³/mol. The summed E-state index contributed by atoms with van der Waals surface area (Å²) >= 11 is 24.7. The van der Waals surface area contributed by atoms with Gasteiger partial charge in [0.1, 0.15) is 6.10 Å². The van der Waals surface area contributed by atoms with Gasteiger partial charge < -0.3 is 9.67 Å². The van der Waals surface area contributed by atoms with Crippen LogP contribution in [0.2, 0.25) is 20.1 Å². The van der Waals surface area contributed by atoms with Gasteiger partial charge >= 0.3 is 0 Å². The van der Waals surface area contributed by atoms with Gasteiger partial charge in [-0.1, -0.05) is 65.5 Å². The Balaban J connectivity index is 2.13. The summed E-state index contributed by atoms with van der Waals surface area (Å²) in [5, 5.41) is 13.1. The number of aryl methyl sites for hydroxylation is 1. The molecular formula is C20H17Cl4NO. The van der Waals surface area contributed by atoms with E-state index in [1.165, 1.54) is 0 Å². The van der Waals surface area contributed by atoms with Crippen molar-refractivity contribution in [3.05, 3.63) is 80.0 Å². The quantitative estimate of drug-likeness (QED) is 0.454. The van der Waals surface area contributed by atoms with Gasteiger partial charge in [0.2, 0.25) is 0 Å². The Kier molecular flexibility index (Phi) is 6.21. The maximum absolute atomic E-state index is 11.0. The summed E-state index contributed by atoms with van der Waals surface area (Å²) in [6.07, 6.45) is 3.99. The van der Waals surface area contributed by atoms with Crippen LogP contribution in [0.1, 0.15) is 30.6 Å².